The van der Waals surface area contributed by atoms with Gasteiger partial charge in [0.25, 0.3) is 0 Å². The van der Waals surface area contributed by atoms with Gasteiger partial charge in [-0.2, -0.15) is 0 Å². The van der Waals surface area contributed by atoms with E-state index in [1.807, 2.05) is 42.5 Å². The van der Waals surface area contributed by atoms with Crippen LogP contribution in [-0.4, -0.2) is 33.2 Å². The smallest absolute Gasteiger partial charge is 0.220 e. The quantitative estimate of drug-likeness (QED) is 0.623. The molecule has 0 aliphatic carbocycles. The van der Waals surface area contributed by atoms with Crippen molar-refractivity contribution >= 4 is 28.5 Å². The first-order valence-corrected chi connectivity index (χ1v) is 9.54. The molecule has 0 fully saturated rings. The standard InChI is InChI=1S/C21H24ClN3O2/c1-15(26)6-11-21(27)23-13-12-20-24-18-4-2-3-5-19(18)25(20)14-16-7-9-17(22)10-8-16/h2-5,7-10,15,26H,6,11-14H2,1H3,(H,23,27)/t15-/m1/s1. The van der Waals surface area contributed by atoms with Gasteiger partial charge in [-0.25, -0.2) is 4.98 Å². The van der Waals surface area contributed by atoms with Gasteiger partial charge in [-0.05, 0) is 43.2 Å². The minimum atomic E-state index is -0.459. The van der Waals surface area contributed by atoms with E-state index in [1.165, 1.54) is 0 Å². The second kappa shape index (κ2) is 9.02. The summed E-state index contributed by atoms with van der Waals surface area (Å²) in [7, 11) is 0. The maximum Gasteiger partial charge on any atom is 0.220 e. The van der Waals surface area contributed by atoms with Gasteiger partial charge in [-0.1, -0.05) is 35.9 Å². The molecule has 5 nitrogen and oxygen atoms in total. The Morgan fingerprint density at radius 2 is 1.96 bits per heavy atom. The summed E-state index contributed by atoms with van der Waals surface area (Å²) >= 11 is 5.99. The number of amides is 1. The average molecular weight is 386 g/mol. The van der Waals surface area contributed by atoms with Crippen LogP contribution in [0.25, 0.3) is 11.0 Å². The number of aliphatic hydroxyl groups is 1. The van der Waals surface area contributed by atoms with E-state index in [-0.39, 0.29) is 5.91 Å². The molecule has 0 saturated heterocycles. The maximum absolute atomic E-state index is 11.9. The number of nitrogens with one attached hydrogen (secondary N) is 1. The van der Waals surface area contributed by atoms with Crippen LogP contribution in [0.15, 0.2) is 48.5 Å². The summed E-state index contributed by atoms with van der Waals surface area (Å²) in [6.45, 7) is 2.90. The van der Waals surface area contributed by atoms with E-state index in [2.05, 4.69) is 16.0 Å². The molecule has 1 heterocycles. The third-order valence-corrected chi connectivity index (χ3v) is 4.70. The molecule has 0 radical (unpaired) electrons. The number of halogens is 1. The van der Waals surface area contributed by atoms with Crippen LogP contribution in [-0.2, 0) is 17.8 Å². The van der Waals surface area contributed by atoms with Crippen molar-refractivity contribution in [2.75, 3.05) is 6.54 Å². The fraction of sp³-hybridized carbons (Fsp3) is 0.333. The zero-order valence-corrected chi connectivity index (χ0v) is 16.1. The Labute approximate surface area is 164 Å². The molecule has 1 amide bonds. The maximum atomic E-state index is 11.9. The van der Waals surface area contributed by atoms with E-state index in [1.54, 1.807) is 6.92 Å². The van der Waals surface area contributed by atoms with Crippen LogP contribution in [0.2, 0.25) is 5.02 Å². The van der Waals surface area contributed by atoms with Crippen molar-refractivity contribution in [1.82, 2.24) is 14.9 Å². The number of aromatic nitrogens is 2. The van der Waals surface area contributed by atoms with Crippen LogP contribution in [0.1, 0.15) is 31.2 Å². The monoisotopic (exact) mass is 385 g/mol. The van der Waals surface area contributed by atoms with Crippen molar-refractivity contribution in [3.63, 3.8) is 0 Å². The number of imidazole rings is 1. The first-order valence-electron chi connectivity index (χ1n) is 9.16. The van der Waals surface area contributed by atoms with E-state index >= 15 is 0 Å². The number of nitrogens with zero attached hydrogens (tertiary/aromatic N) is 2. The zero-order chi connectivity index (χ0) is 19.2. The molecule has 6 heteroatoms. The minimum absolute atomic E-state index is 0.0451. The molecule has 0 aliphatic rings. The molecule has 27 heavy (non-hydrogen) atoms. The second-order valence-electron chi connectivity index (χ2n) is 6.72. The van der Waals surface area contributed by atoms with E-state index in [4.69, 9.17) is 16.6 Å². The summed E-state index contributed by atoms with van der Waals surface area (Å²) < 4.78 is 2.18. The van der Waals surface area contributed by atoms with Crippen molar-refractivity contribution in [1.29, 1.82) is 0 Å². The molecule has 142 valence electrons. The fourth-order valence-corrected chi connectivity index (χ4v) is 3.13. The van der Waals surface area contributed by atoms with E-state index < -0.39 is 6.10 Å². The minimum Gasteiger partial charge on any atom is -0.393 e. The summed E-state index contributed by atoms with van der Waals surface area (Å²) in [5.74, 6) is 0.887. The Hall–Kier alpha value is -2.37. The Bertz CT molecular complexity index is 903. The van der Waals surface area contributed by atoms with Gasteiger partial charge in [0.2, 0.25) is 5.91 Å². The molecule has 2 N–H and O–H groups in total. The molecule has 0 unspecified atom stereocenters. The summed E-state index contributed by atoms with van der Waals surface area (Å²) in [5.41, 5.74) is 3.16. The van der Waals surface area contributed by atoms with Crippen LogP contribution in [0.4, 0.5) is 0 Å². The Kier molecular flexibility index (Phi) is 6.48. The van der Waals surface area contributed by atoms with Crippen molar-refractivity contribution in [2.45, 2.75) is 38.8 Å². The lowest BCUT2D eigenvalue weighted by Crippen LogP contribution is -2.27. The van der Waals surface area contributed by atoms with E-state index in [9.17, 15) is 9.90 Å². The van der Waals surface area contributed by atoms with E-state index in [0.29, 0.717) is 32.4 Å². The summed E-state index contributed by atoms with van der Waals surface area (Å²) in [6, 6.07) is 15.8. The lowest BCUT2D eigenvalue weighted by molar-refractivity contribution is -0.121. The van der Waals surface area contributed by atoms with Crippen molar-refractivity contribution in [2.24, 2.45) is 0 Å². The molecule has 3 rings (SSSR count). The van der Waals surface area contributed by atoms with Crippen LogP contribution >= 0.6 is 11.6 Å². The second-order valence-corrected chi connectivity index (χ2v) is 7.15. The van der Waals surface area contributed by atoms with Crippen LogP contribution in [0.5, 0.6) is 0 Å². The van der Waals surface area contributed by atoms with Gasteiger partial charge < -0.3 is 15.0 Å². The number of fused-ring (bicyclic) bond motifs is 1. The normalized spacial score (nSPS) is 12.3. The molecule has 0 spiro atoms. The number of carbonyl (C=O) groups excluding carboxylic acids is 1. The highest BCUT2D eigenvalue weighted by Gasteiger charge is 2.12. The zero-order valence-electron chi connectivity index (χ0n) is 15.4. The highest BCUT2D eigenvalue weighted by molar-refractivity contribution is 6.30. The van der Waals surface area contributed by atoms with Gasteiger partial charge in [-0.15, -0.1) is 0 Å². The molecule has 3 aromatic rings. The van der Waals surface area contributed by atoms with Gasteiger partial charge in [0.1, 0.15) is 5.82 Å². The number of hydrogen-bond acceptors (Lipinski definition) is 3. The van der Waals surface area contributed by atoms with Crippen LogP contribution in [0, 0.1) is 0 Å². The lowest BCUT2D eigenvalue weighted by Gasteiger charge is -2.11. The Morgan fingerprint density at radius 1 is 1.22 bits per heavy atom. The predicted molar refractivity (Wildman–Crippen MR) is 108 cm³/mol. The topological polar surface area (TPSA) is 67.2 Å². The molecule has 0 aliphatic heterocycles. The predicted octanol–water partition coefficient (Wildman–Crippen LogP) is 3.56. The van der Waals surface area contributed by atoms with Gasteiger partial charge in [0.15, 0.2) is 0 Å². The highest BCUT2D eigenvalue weighted by Crippen LogP contribution is 2.19. The van der Waals surface area contributed by atoms with Crippen molar-refractivity contribution in [3.8, 4) is 0 Å². The number of rotatable bonds is 8. The van der Waals surface area contributed by atoms with Gasteiger partial charge in [0, 0.05) is 31.0 Å². The van der Waals surface area contributed by atoms with Gasteiger partial charge >= 0.3 is 0 Å². The van der Waals surface area contributed by atoms with Crippen LogP contribution in [0.3, 0.4) is 0 Å². The average Bonchev–Trinajstić information content (AvgIpc) is 2.99. The summed E-state index contributed by atoms with van der Waals surface area (Å²) in [5, 5.41) is 12.9. The third-order valence-electron chi connectivity index (χ3n) is 4.45. The summed E-state index contributed by atoms with van der Waals surface area (Å²) in [6.07, 6.45) is 0.988. The molecule has 1 atom stereocenters. The first-order chi connectivity index (χ1) is 13.0. The molecular formula is C21H24ClN3O2. The third kappa shape index (κ3) is 5.31. The molecule has 0 bridgehead atoms. The lowest BCUT2D eigenvalue weighted by atomic mass is 10.2. The van der Waals surface area contributed by atoms with E-state index in [0.717, 1.165) is 27.4 Å². The number of carbonyl (C=O) groups is 1. The largest absolute Gasteiger partial charge is 0.393 e. The van der Waals surface area contributed by atoms with Crippen molar-refractivity contribution < 1.29 is 9.90 Å². The fourth-order valence-electron chi connectivity index (χ4n) is 3.01. The molecule has 0 saturated carbocycles. The van der Waals surface area contributed by atoms with Crippen molar-refractivity contribution in [3.05, 3.63) is 64.9 Å². The molecule has 2 aromatic carbocycles. The summed E-state index contributed by atoms with van der Waals surface area (Å²) in [4.78, 5) is 16.6. The first kappa shape index (κ1) is 19.4. The number of benzene rings is 2. The SMILES string of the molecule is C[C@@H](O)CCC(=O)NCCc1nc2ccccc2n1Cc1ccc(Cl)cc1. The number of para-hydroxylation sites is 2. The van der Waals surface area contributed by atoms with Crippen LogP contribution < -0.4 is 5.32 Å². The highest BCUT2D eigenvalue weighted by atomic mass is 35.5. The van der Waals surface area contributed by atoms with Gasteiger partial charge in [-0.3, -0.25) is 4.79 Å². The number of aliphatic hydroxyl groups excluding tert-OH is 1. The Balaban J connectivity index is 1.72. The number of hydrogen-bond donors (Lipinski definition) is 2. The molecule has 1 aromatic heterocycles. The molecular weight excluding hydrogens is 362 g/mol. The van der Waals surface area contributed by atoms with Gasteiger partial charge in [0.05, 0.1) is 17.1 Å². The Morgan fingerprint density at radius 3 is 2.70 bits per heavy atom.